The van der Waals surface area contributed by atoms with E-state index in [1.54, 1.807) is 29.2 Å². The van der Waals surface area contributed by atoms with Gasteiger partial charge in [-0.05, 0) is 61.0 Å². The highest BCUT2D eigenvalue weighted by molar-refractivity contribution is 6.36. The molecule has 0 radical (unpaired) electrons. The van der Waals surface area contributed by atoms with Gasteiger partial charge < -0.3 is 14.7 Å². The number of amides is 2. The summed E-state index contributed by atoms with van der Waals surface area (Å²) >= 11 is 12.3. The minimum Gasteiger partial charge on any atom is -0.352 e. The van der Waals surface area contributed by atoms with Crippen LogP contribution in [0.4, 0.5) is 10.2 Å². The molecule has 1 aliphatic heterocycles. The maximum atomic E-state index is 13.9. The quantitative estimate of drug-likeness (QED) is 0.258. The maximum Gasteiger partial charge on any atom is 0.254 e. The molecule has 10 heteroatoms. The van der Waals surface area contributed by atoms with Crippen molar-refractivity contribution in [2.45, 2.75) is 13.0 Å². The van der Waals surface area contributed by atoms with Gasteiger partial charge in [0, 0.05) is 42.3 Å². The molecule has 1 unspecified atom stereocenters. The van der Waals surface area contributed by atoms with Gasteiger partial charge >= 0.3 is 0 Å². The van der Waals surface area contributed by atoms with Gasteiger partial charge in [0.05, 0.1) is 16.8 Å². The zero-order valence-electron chi connectivity index (χ0n) is 22.4. The van der Waals surface area contributed by atoms with Crippen LogP contribution < -0.4 is 4.90 Å². The minimum absolute atomic E-state index is 0.123. The first kappa shape index (κ1) is 28.5. The molecule has 210 valence electrons. The molecule has 5 rings (SSSR count). The molecule has 0 spiro atoms. The number of nitrogens with zero attached hydrogens (tertiary/aromatic N) is 5. The minimum atomic E-state index is -0.502. The van der Waals surface area contributed by atoms with Crippen LogP contribution in [0.25, 0.3) is 11.3 Å². The predicted molar refractivity (Wildman–Crippen MR) is 159 cm³/mol. The van der Waals surface area contributed by atoms with Gasteiger partial charge in [0.15, 0.2) is 5.82 Å². The first-order valence-electron chi connectivity index (χ1n) is 13.2. The molecule has 1 aliphatic rings. The van der Waals surface area contributed by atoms with Crippen LogP contribution in [0.5, 0.6) is 0 Å². The van der Waals surface area contributed by atoms with Crippen molar-refractivity contribution in [1.29, 1.82) is 0 Å². The van der Waals surface area contributed by atoms with Gasteiger partial charge in [-0.1, -0.05) is 59.6 Å². The van der Waals surface area contributed by atoms with Crippen LogP contribution in [-0.2, 0) is 4.79 Å². The average Bonchev–Trinajstić information content (AvgIpc) is 3.00. The topological polar surface area (TPSA) is 69.6 Å². The van der Waals surface area contributed by atoms with Gasteiger partial charge in [-0.25, -0.2) is 4.39 Å². The molecule has 1 atom stereocenters. The molecule has 7 nitrogen and oxygen atoms in total. The SMILES string of the molecule is CC(c1ccccc1)N(CC(=O)N1CCN(c2ccc(-c3ccc(Cl)cc3Cl)nn2)CC1)C(=O)c1cccc(F)c1. The van der Waals surface area contributed by atoms with Crippen LogP contribution in [0.3, 0.4) is 0 Å². The third kappa shape index (κ3) is 6.66. The summed E-state index contributed by atoms with van der Waals surface area (Å²) in [4.78, 5) is 32.2. The van der Waals surface area contributed by atoms with Crippen LogP contribution >= 0.6 is 23.2 Å². The molecule has 0 aliphatic carbocycles. The molecule has 4 aromatic rings. The lowest BCUT2D eigenvalue weighted by Gasteiger charge is -2.37. The summed E-state index contributed by atoms with van der Waals surface area (Å²) in [6, 6.07) is 23.6. The standard InChI is InChI=1S/C31H28Cl2FN5O2/c1-21(22-6-3-2-4-7-22)39(31(41)23-8-5-9-25(34)18-23)20-30(40)38-16-14-37(15-17-38)29-13-12-28(35-36-29)26-11-10-24(32)19-27(26)33/h2-13,18-19,21H,14-17,20H2,1H3. The largest absolute Gasteiger partial charge is 0.352 e. The van der Waals surface area contributed by atoms with E-state index in [1.807, 2.05) is 49.4 Å². The summed E-state index contributed by atoms with van der Waals surface area (Å²) in [6.07, 6.45) is 0. The molecule has 1 fully saturated rings. The number of piperazine rings is 1. The average molecular weight is 593 g/mol. The zero-order valence-corrected chi connectivity index (χ0v) is 23.9. The van der Waals surface area contributed by atoms with E-state index in [9.17, 15) is 14.0 Å². The Kier molecular flexibility index (Phi) is 8.81. The number of halogens is 3. The van der Waals surface area contributed by atoms with Crippen molar-refractivity contribution < 1.29 is 14.0 Å². The summed E-state index contributed by atoms with van der Waals surface area (Å²) < 4.78 is 13.9. The molecule has 0 saturated carbocycles. The molecule has 3 aromatic carbocycles. The summed E-state index contributed by atoms with van der Waals surface area (Å²) in [7, 11) is 0. The van der Waals surface area contributed by atoms with Crippen LogP contribution in [-0.4, -0.2) is 64.5 Å². The Bertz CT molecular complexity index is 1530. The number of anilines is 1. The monoisotopic (exact) mass is 591 g/mol. The molecular weight excluding hydrogens is 564 g/mol. The number of hydrogen-bond donors (Lipinski definition) is 0. The molecule has 0 bridgehead atoms. The van der Waals surface area contributed by atoms with Crippen molar-refractivity contribution in [1.82, 2.24) is 20.0 Å². The van der Waals surface area contributed by atoms with Crippen molar-refractivity contribution in [3.63, 3.8) is 0 Å². The van der Waals surface area contributed by atoms with Crippen molar-refractivity contribution >= 4 is 40.8 Å². The Labute approximate surface area is 248 Å². The van der Waals surface area contributed by atoms with Crippen LogP contribution in [0.1, 0.15) is 28.9 Å². The second kappa shape index (κ2) is 12.7. The summed E-state index contributed by atoms with van der Waals surface area (Å²) in [5.74, 6) is -0.371. The molecule has 2 heterocycles. The van der Waals surface area contributed by atoms with Crippen molar-refractivity contribution in [3.8, 4) is 11.3 Å². The maximum absolute atomic E-state index is 13.9. The van der Waals surface area contributed by atoms with Crippen molar-refractivity contribution in [2.24, 2.45) is 0 Å². The van der Waals surface area contributed by atoms with E-state index in [0.29, 0.717) is 47.7 Å². The van der Waals surface area contributed by atoms with Gasteiger partial charge in [-0.2, -0.15) is 0 Å². The molecular formula is C31H28Cl2FN5O2. The molecule has 41 heavy (non-hydrogen) atoms. The Morgan fingerprint density at radius 3 is 2.32 bits per heavy atom. The normalized spacial score (nSPS) is 14.0. The Hall–Kier alpha value is -4.01. The predicted octanol–water partition coefficient (Wildman–Crippen LogP) is 6.14. The van der Waals surface area contributed by atoms with Crippen LogP contribution in [0.2, 0.25) is 10.0 Å². The smallest absolute Gasteiger partial charge is 0.254 e. The third-order valence-electron chi connectivity index (χ3n) is 7.20. The Morgan fingerprint density at radius 2 is 1.66 bits per heavy atom. The summed E-state index contributed by atoms with van der Waals surface area (Å²) in [5, 5.41) is 9.76. The zero-order chi connectivity index (χ0) is 28.9. The van der Waals surface area contributed by atoms with Gasteiger partial charge in [0.2, 0.25) is 5.91 Å². The number of carbonyl (C=O) groups is 2. The third-order valence-corrected chi connectivity index (χ3v) is 7.75. The summed E-state index contributed by atoms with van der Waals surface area (Å²) in [5.41, 5.74) is 2.47. The fraction of sp³-hybridized carbons (Fsp3) is 0.226. The lowest BCUT2D eigenvalue weighted by atomic mass is 10.1. The Balaban J connectivity index is 1.25. The fourth-order valence-electron chi connectivity index (χ4n) is 4.85. The highest BCUT2D eigenvalue weighted by atomic mass is 35.5. The lowest BCUT2D eigenvalue weighted by Crippen LogP contribution is -2.52. The number of rotatable bonds is 7. The number of hydrogen-bond acceptors (Lipinski definition) is 5. The van der Waals surface area contributed by atoms with Crippen LogP contribution in [0.15, 0.2) is 84.9 Å². The van der Waals surface area contributed by atoms with E-state index in [1.165, 1.54) is 23.1 Å². The van der Waals surface area contributed by atoms with Gasteiger partial charge in [0.1, 0.15) is 12.4 Å². The van der Waals surface area contributed by atoms with Gasteiger partial charge in [-0.15, -0.1) is 10.2 Å². The van der Waals surface area contributed by atoms with Gasteiger partial charge in [0.25, 0.3) is 5.91 Å². The molecule has 1 aromatic heterocycles. The molecule has 1 saturated heterocycles. The highest BCUT2D eigenvalue weighted by Gasteiger charge is 2.29. The van der Waals surface area contributed by atoms with Crippen molar-refractivity contribution in [3.05, 3.63) is 112 Å². The second-order valence-electron chi connectivity index (χ2n) is 9.80. The number of benzene rings is 3. The van der Waals surface area contributed by atoms with E-state index >= 15 is 0 Å². The fourth-order valence-corrected chi connectivity index (χ4v) is 5.35. The van der Waals surface area contributed by atoms with E-state index in [2.05, 4.69) is 15.1 Å². The molecule has 0 N–H and O–H groups in total. The number of aromatic nitrogens is 2. The Morgan fingerprint density at radius 1 is 0.902 bits per heavy atom. The van der Waals surface area contributed by atoms with E-state index in [0.717, 1.165) is 11.1 Å². The lowest BCUT2D eigenvalue weighted by molar-refractivity contribution is -0.132. The highest BCUT2D eigenvalue weighted by Crippen LogP contribution is 2.29. The van der Waals surface area contributed by atoms with E-state index in [-0.39, 0.29) is 24.1 Å². The first-order valence-corrected chi connectivity index (χ1v) is 14.0. The first-order chi connectivity index (χ1) is 19.8. The van der Waals surface area contributed by atoms with E-state index in [4.69, 9.17) is 23.2 Å². The van der Waals surface area contributed by atoms with Crippen molar-refractivity contribution in [2.75, 3.05) is 37.6 Å². The summed E-state index contributed by atoms with van der Waals surface area (Å²) in [6.45, 7) is 3.81. The van der Waals surface area contributed by atoms with Crippen LogP contribution in [0, 0.1) is 5.82 Å². The van der Waals surface area contributed by atoms with Gasteiger partial charge in [-0.3, -0.25) is 9.59 Å². The second-order valence-corrected chi connectivity index (χ2v) is 10.6. The number of carbonyl (C=O) groups excluding carboxylic acids is 2. The molecule has 2 amide bonds. The van der Waals surface area contributed by atoms with E-state index < -0.39 is 11.7 Å².